The summed E-state index contributed by atoms with van der Waals surface area (Å²) in [7, 11) is 0. The second-order valence-corrected chi connectivity index (χ2v) is 5.09. The molecule has 1 aromatic carbocycles. The van der Waals surface area contributed by atoms with Crippen LogP contribution in [0, 0.1) is 12.3 Å². The maximum absolute atomic E-state index is 7.64. The van der Waals surface area contributed by atoms with E-state index in [0.717, 1.165) is 35.9 Å². The van der Waals surface area contributed by atoms with E-state index >= 15 is 0 Å². The zero-order valence-corrected chi connectivity index (χ0v) is 12.0. The number of fused-ring (bicyclic) bond motifs is 1. The molecule has 0 saturated heterocycles. The molecule has 2 aromatic rings. The van der Waals surface area contributed by atoms with E-state index in [2.05, 4.69) is 9.88 Å². The quantitative estimate of drug-likeness (QED) is 0.656. The lowest BCUT2D eigenvalue weighted by molar-refractivity contribution is 0.322. The first kappa shape index (κ1) is 13.4. The summed E-state index contributed by atoms with van der Waals surface area (Å²) in [6, 6.07) is 11.6. The summed E-state index contributed by atoms with van der Waals surface area (Å²) in [6.07, 6.45) is 0.916. The minimum atomic E-state index is 0.0566. The second kappa shape index (κ2) is 5.44. The van der Waals surface area contributed by atoms with E-state index in [1.807, 2.05) is 43.3 Å². The lowest BCUT2D eigenvalue weighted by Crippen LogP contribution is -2.20. The third-order valence-electron chi connectivity index (χ3n) is 3.47. The molecule has 0 amide bonds. The lowest BCUT2D eigenvalue weighted by atomic mass is 10.2. The molecule has 5 nitrogen and oxygen atoms in total. The number of para-hydroxylation sites is 2. The van der Waals surface area contributed by atoms with Crippen LogP contribution in [-0.2, 0) is 0 Å². The topological polar surface area (TPSA) is 75.2 Å². The van der Waals surface area contributed by atoms with Crippen molar-refractivity contribution in [2.75, 3.05) is 18.1 Å². The first-order chi connectivity index (χ1) is 10.1. The predicted octanol–water partition coefficient (Wildman–Crippen LogP) is 2.59. The minimum Gasteiger partial charge on any atom is -0.491 e. The van der Waals surface area contributed by atoms with Crippen molar-refractivity contribution in [3.63, 3.8) is 0 Å². The molecular weight excluding hydrogens is 264 g/mol. The first-order valence-electron chi connectivity index (χ1n) is 6.97. The number of amidine groups is 1. The fourth-order valence-corrected chi connectivity index (χ4v) is 2.51. The van der Waals surface area contributed by atoms with Crippen molar-refractivity contribution in [3.05, 3.63) is 47.7 Å². The van der Waals surface area contributed by atoms with Gasteiger partial charge in [-0.05, 0) is 37.6 Å². The Hall–Kier alpha value is -2.56. The van der Waals surface area contributed by atoms with E-state index in [1.54, 1.807) is 0 Å². The van der Waals surface area contributed by atoms with Gasteiger partial charge in [0.15, 0.2) is 0 Å². The Kier molecular flexibility index (Phi) is 3.48. The van der Waals surface area contributed by atoms with Gasteiger partial charge in [0, 0.05) is 17.8 Å². The average molecular weight is 282 g/mol. The molecule has 1 aliphatic rings. The highest BCUT2D eigenvalue weighted by molar-refractivity contribution is 5.96. The molecule has 1 aliphatic heterocycles. The fourth-order valence-electron chi connectivity index (χ4n) is 2.51. The SMILES string of the molecule is Cc1cc(C(=N)N)cc(N2CCCOc3ccccc32)n1. The van der Waals surface area contributed by atoms with Crippen molar-refractivity contribution in [1.82, 2.24) is 4.98 Å². The van der Waals surface area contributed by atoms with Crippen LogP contribution in [0.25, 0.3) is 0 Å². The Morgan fingerprint density at radius 2 is 2.14 bits per heavy atom. The molecule has 0 bridgehead atoms. The zero-order valence-electron chi connectivity index (χ0n) is 12.0. The van der Waals surface area contributed by atoms with E-state index in [4.69, 9.17) is 15.9 Å². The van der Waals surface area contributed by atoms with Crippen LogP contribution in [0.1, 0.15) is 17.7 Å². The fraction of sp³-hybridized carbons (Fsp3) is 0.250. The van der Waals surface area contributed by atoms with Crippen molar-refractivity contribution >= 4 is 17.3 Å². The summed E-state index contributed by atoms with van der Waals surface area (Å²) in [5, 5.41) is 7.64. The van der Waals surface area contributed by atoms with Crippen molar-refractivity contribution in [2.45, 2.75) is 13.3 Å². The van der Waals surface area contributed by atoms with Crippen molar-refractivity contribution in [2.24, 2.45) is 5.73 Å². The van der Waals surface area contributed by atoms with Crippen molar-refractivity contribution in [1.29, 1.82) is 5.41 Å². The van der Waals surface area contributed by atoms with Crippen LogP contribution in [-0.4, -0.2) is 24.0 Å². The smallest absolute Gasteiger partial charge is 0.142 e. The summed E-state index contributed by atoms with van der Waals surface area (Å²) in [5.74, 6) is 1.72. The normalized spacial score (nSPS) is 14.0. The molecule has 1 aromatic heterocycles. The number of rotatable bonds is 2. The molecule has 21 heavy (non-hydrogen) atoms. The molecule has 3 rings (SSSR count). The van der Waals surface area contributed by atoms with E-state index < -0.39 is 0 Å². The monoisotopic (exact) mass is 282 g/mol. The van der Waals surface area contributed by atoms with Crippen LogP contribution in [0.5, 0.6) is 5.75 Å². The largest absolute Gasteiger partial charge is 0.491 e. The van der Waals surface area contributed by atoms with Gasteiger partial charge in [0.1, 0.15) is 17.4 Å². The molecule has 108 valence electrons. The van der Waals surface area contributed by atoms with E-state index in [1.165, 1.54) is 0 Å². The maximum Gasteiger partial charge on any atom is 0.142 e. The number of hydrogen-bond donors (Lipinski definition) is 2. The van der Waals surface area contributed by atoms with Gasteiger partial charge in [-0.15, -0.1) is 0 Å². The number of anilines is 2. The number of ether oxygens (including phenoxy) is 1. The Bertz CT molecular complexity index is 684. The number of hydrogen-bond acceptors (Lipinski definition) is 4. The van der Waals surface area contributed by atoms with Gasteiger partial charge in [-0.1, -0.05) is 12.1 Å². The predicted molar refractivity (Wildman–Crippen MR) is 83.6 cm³/mol. The van der Waals surface area contributed by atoms with Crippen molar-refractivity contribution in [3.8, 4) is 5.75 Å². The van der Waals surface area contributed by atoms with Gasteiger partial charge in [0.05, 0.1) is 12.3 Å². The van der Waals surface area contributed by atoms with Crippen LogP contribution >= 0.6 is 0 Å². The molecule has 0 unspecified atom stereocenters. The van der Waals surface area contributed by atoms with Gasteiger partial charge < -0.3 is 15.4 Å². The minimum absolute atomic E-state index is 0.0566. The van der Waals surface area contributed by atoms with Gasteiger partial charge in [0.2, 0.25) is 0 Å². The molecule has 0 saturated carbocycles. The number of nitrogens with two attached hydrogens (primary N) is 1. The molecule has 2 heterocycles. The molecular formula is C16H18N4O. The summed E-state index contributed by atoms with van der Waals surface area (Å²) >= 11 is 0. The molecule has 0 atom stereocenters. The summed E-state index contributed by atoms with van der Waals surface area (Å²) in [4.78, 5) is 6.73. The Balaban J connectivity index is 2.09. The number of nitrogens with zero attached hydrogens (tertiary/aromatic N) is 2. The highest BCUT2D eigenvalue weighted by atomic mass is 16.5. The maximum atomic E-state index is 7.64. The first-order valence-corrected chi connectivity index (χ1v) is 6.97. The van der Waals surface area contributed by atoms with E-state index in [-0.39, 0.29) is 5.84 Å². The number of aromatic nitrogens is 1. The lowest BCUT2D eigenvalue weighted by Gasteiger charge is -2.23. The second-order valence-electron chi connectivity index (χ2n) is 5.09. The summed E-state index contributed by atoms with van der Waals surface area (Å²) in [5.41, 5.74) is 8.16. The number of aryl methyl sites for hydroxylation is 1. The average Bonchev–Trinajstić information content (AvgIpc) is 2.69. The Morgan fingerprint density at radius 3 is 2.95 bits per heavy atom. The molecule has 3 N–H and O–H groups in total. The molecule has 0 aliphatic carbocycles. The van der Waals surface area contributed by atoms with E-state index in [0.29, 0.717) is 12.2 Å². The Morgan fingerprint density at radius 1 is 1.33 bits per heavy atom. The number of nitrogen functional groups attached to an aromatic ring is 1. The summed E-state index contributed by atoms with van der Waals surface area (Å²) < 4.78 is 5.77. The molecule has 5 heteroatoms. The van der Waals surface area contributed by atoms with Gasteiger partial charge in [-0.3, -0.25) is 5.41 Å². The third-order valence-corrected chi connectivity index (χ3v) is 3.47. The van der Waals surface area contributed by atoms with Gasteiger partial charge in [-0.2, -0.15) is 0 Å². The number of pyridine rings is 1. The van der Waals surface area contributed by atoms with Crippen LogP contribution in [0.3, 0.4) is 0 Å². The highest BCUT2D eigenvalue weighted by Gasteiger charge is 2.19. The zero-order chi connectivity index (χ0) is 14.8. The van der Waals surface area contributed by atoms with Crippen LogP contribution < -0.4 is 15.4 Å². The van der Waals surface area contributed by atoms with Gasteiger partial charge in [0.25, 0.3) is 0 Å². The standard InChI is InChI=1S/C16H18N4O/c1-11-9-12(16(17)18)10-15(19-11)20-7-4-8-21-14-6-3-2-5-13(14)20/h2-3,5-6,9-10H,4,7-8H2,1H3,(H3,17,18). The van der Waals surface area contributed by atoms with Gasteiger partial charge in [-0.25, -0.2) is 4.98 Å². The van der Waals surface area contributed by atoms with Gasteiger partial charge >= 0.3 is 0 Å². The number of benzene rings is 1. The van der Waals surface area contributed by atoms with E-state index in [9.17, 15) is 0 Å². The molecule has 0 radical (unpaired) electrons. The third kappa shape index (κ3) is 2.67. The van der Waals surface area contributed by atoms with Crippen molar-refractivity contribution < 1.29 is 4.74 Å². The van der Waals surface area contributed by atoms with Crippen LogP contribution in [0.15, 0.2) is 36.4 Å². The summed E-state index contributed by atoms with van der Waals surface area (Å²) in [6.45, 7) is 3.43. The van der Waals surface area contributed by atoms with Crippen LogP contribution in [0.2, 0.25) is 0 Å². The number of nitrogens with one attached hydrogen (secondary N) is 1. The highest BCUT2D eigenvalue weighted by Crippen LogP contribution is 2.35. The Labute approximate surface area is 123 Å². The van der Waals surface area contributed by atoms with Crippen LogP contribution in [0.4, 0.5) is 11.5 Å². The molecule has 0 spiro atoms. The molecule has 0 fully saturated rings.